The number of benzene rings is 1. The molecule has 0 heterocycles. The van der Waals surface area contributed by atoms with Crippen LogP contribution in [-0.2, 0) is 9.53 Å². The Labute approximate surface area is 205 Å². The van der Waals surface area contributed by atoms with Crippen LogP contribution in [0.15, 0.2) is 47.1 Å². The second-order valence-corrected chi connectivity index (χ2v) is 10.8. The van der Waals surface area contributed by atoms with E-state index in [1.165, 1.54) is 0 Å². The molecule has 0 saturated heterocycles. The van der Waals surface area contributed by atoms with Crippen molar-refractivity contribution in [1.29, 1.82) is 0 Å². The SMILES string of the molecule is C[C@]12C[C@H](c3ccc(C(N)=O)cc3)C3=C4CCC(=O)C=C4CCC3C1CC[C@@H]2OC(F)(F)C(F)(F)F. The van der Waals surface area contributed by atoms with Gasteiger partial charge in [-0.05, 0) is 90.7 Å². The molecule has 2 fully saturated rings. The topological polar surface area (TPSA) is 69.4 Å². The maximum absolute atomic E-state index is 14.0. The monoisotopic (exact) mass is 509 g/mol. The normalized spacial score (nSPS) is 32.5. The summed E-state index contributed by atoms with van der Waals surface area (Å²) < 4.78 is 71.6. The van der Waals surface area contributed by atoms with Crippen molar-refractivity contribution >= 4 is 11.7 Å². The molecule has 36 heavy (non-hydrogen) atoms. The maximum Gasteiger partial charge on any atom is 0.482 e. The molecule has 0 aliphatic heterocycles. The first-order valence-electron chi connectivity index (χ1n) is 12.3. The molecule has 1 aromatic rings. The van der Waals surface area contributed by atoms with E-state index < -0.39 is 29.7 Å². The fourth-order valence-electron chi connectivity index (χ4n) is 7.23. The molecule has 4 aliphatic rings. The summed E-state index contributed by atoms with van der Waals surface area (Å²) in [5, 5.41) is 0. The van der Waals surface area contributed by atoms with Gasteiger partial charge in [0.15, 0.2) is 5.78 Å². The van der Waals surface area contributed by atoms with Crippen LogP contribution in [0.2, 0.25) is 0 Å². The molecular weight excluding hydrogens is 481 g/mol. The number of alkyl halides is 5. The molecule has 0 aromatic heterocycles. The van der Waals surface area contributed by atoms with Gasteiger partial charge in [-0.3, -0.25) is 9.59 Å². The number of primary amides is 1. The van der Waals surface area contributed by atoms with Crippen LogP contribution >= 0.6 is 0 Å². The van der Waals surface area contributed by atoms with Gasteiger partial charge in [0, 0.05) is 17.9 Å². The summed E-state index contributed by atoms with van der Waals surface area (Å²) in [4.78, 5) is 23.7. The Balaban J connectivity index is 1.59. The second-order valence-electron chi connectivity index (χ2n) is 10.8. The van der Waals surface area contributed by atoms with E-state index in [9.17, 15) is 31.5 Å². The number of ether oxygens (including phenoxy) is 1. The van der Waals surface area contributed by atoms with Crippen molar-refractivity contribution in [3.63, 3.8) is 0 Å². The molecule has 0 spiro atoms. The Kier molecular flexibility index (Phi) is 5.93. The minimum absolute atomic E-state index is 0.00183. The van der Waals surface area contributed by atoms with E-state index in [0.717, 1.165) is 22.3 Å². The summed E-state index contributed by atoms with van der Waals surface area (Å²) >= 11 is 0. The number of rotatable bonds is 4. The third-order valence-electron chi connectivity index (χ3n) is 8.86. The van der Waals surface area contributed by atoms with Crippen LogP contribution in [0.5, 0.6) is 0 Å². The predicted molar refractivity (Wildman–Crippen MR) is 121 cm³/mol. The number of halogens is 5. The number of fused-ring (bicyclic) bond motifs is 4. The molecule has 2 N–H and O–H groups in total. The summed E-state index contributed by atoms with van der Waals surface area (Å²) in [6, 6.07) is 6.77. The van der Waals surface area contributed by atoms with Gasteiger partial charge in [-0.2, -0.15) is 22.0 Å². The van der Waals surface area contributed by atoms with E-state index in [0.29, 0.717) is 44.1 Å². The lowest BCUT2D eigenvalue weighted by Crippen LogP contribution is -2.50. The third kappa shape index (κ3) is 3.99. The number of amides is 1. The average molecular weight is 510 g/mol. The fourth-order valence-corrected chi connectivity index (χ4v) is 7.23. The van der Waals surface area contributed by atoms with Gasteiger partial charge in [0.2, 0.25) is 5.91 Å². The van der Waals surface area contributed by atoms with Crippen LogP contribution in [0.4, 0.5) is 22.0 Å². The Morgan fingerprint density at radius 1 is 1.03 bits per heavy atom. The Bertz CT molecular complexity index is 1150. The summed E-state index contributed by atoms with van der Waals surface area (Å²) in [6.45, 7) is 1.78. The molecule has 5 atom stereocenters. The molecule has 1 aromatic carbocycles. The first-order chi connectivity index (χ1) is 16.8. The van der Waals surface area contributed by atoms with E-state index in [4.69, 9.17) is 5.73 Å². The van der Waals surface area contributed by atoms with E-state index in [-0.39, 0.29) is 30.0 Å². The lowest BCUT2D eigenvalue weighted by Gasteiger charge is -2.52. The number of nitrogens with two attached hydrogens (primary N) is 1. The van der Waals surface area contributed by atoms with Crippen LogP contribution in [0.3, 0.4) is 0 Å². The lowest BCUT2D eigenvalue weighted by molar-refractivity contribution is -0.408. The summed E-state index contributed by atoms with van der Waals surface area (Å²) in [6.07, 6.45) is -7.21. The number of hydrogen-bond acceptors (Lipinski definition) is 3. The molecule has 9 heteroatoms. The van der Waals surface area contributed by atoms with E-state index >= 15 is 0 Å². The summed E-state index contributed by atoms with van der Waals surface area (Å²) in [7, 11) is 0. The zero-order valence-electron chi connectivity index (χ0n) is 19.8. The molecule has 2 saturated carbocycles. The highest BCUT2D eigenvalue weighted by molar-refractivity contribution is 5.93. The van der Waals surface area contributed by atoms with Crippen molar-refractivity contribution in [3.8, 4) is 0 Å². The number of hydrogen-bond donors (Lipinski definition) is 1. The number of carbonyl (C=O) groups excluding carboxylic acids is 2. The van der Waals surface area contributed by atoms with Gasteiger partial charge in [0.1, 0.15) is 0 Å². The Morgan fingerprint density at radius 3 is 2.36 bits per heavy atom. The third-order valence-corrected chi connectivity index (χ3v) is 8.86. The van der Waals surface area contributed by atoms with Crippen molar-refractivity contribution in [1.82, 2.24) is 0 Å². The average Bonchev–Trinajstić information content (AvgIpc) is 3.12. The van der Waals surface area contributed by atoms with E-state index in [1.807, 2.05) is 0 Å². The van der Waals surface area contributed by atoms with E-state index in [2.05, 4.69) is 4.74 Å². The molecule has 194 valence electrons. The smallest absolute Gasteiger partial charge is 0.366 e. The quantitative estimate of drug-likeness (QED) is 0.490. The highest BCUT2D eigenvalue weighted by Crippen LogP contribution is 2.65. The molecule has 2 unspecified atom stereocenters. The zero-order valence-corrected chi connectivity index (χ0v) is 19.8. The Hall–Kier alpha value is -2.55. The largest absolute Gasteiger partial charge is 0.482 e. The maximum atomic E-state index is 14.0. The zero-order chi connectivity index (χ0) is 26.0. The minimum atomic E-state index is -5.79. The van der Waals surface area contributed by atoms with Gasteiger partial charge in [0.05, 0.1) is 6.10 Å². The molecule has 0 bridgehead atoms. The summed E-state index contributed by atoms with van der Waals surface area (Å²) in [5.74, 6) is -0.856. The number of ketones is 1. The van der Waals surface area contributed by atoms with Crippen molar-refractivity contribution < 1.29 is 36.3 Å². The van der Waals surface area contributed by atoms with Crippen LogP contribution in [-0.4, -0.2) is 30.1 Å². The first kappa shape index (κ1) is 25.1. The highest BCUT2D eigenvalue weighted by Gasteiger charge is 2.65. The van der Waals surface area contributed by atoms with Gasteiger partial charge >= 0.3 is 12.3 Å². The molecular formula is C27H28F5NO3. The molecule has 4 nitrogen and oxygen atoms in total. The van der Waals surface area contributed by atoms with Gasteiger partial charge in [-0.1, -0.05) is 24.6 Å². The van der Waals surface area contributed by atoms with Crippen LogP contribution in [0, 0.1) is 17.3 Å². The summed E-state index contributed by atoms with van der Waals surface area (Å²) in [5.41, 5.74) is 8.96. The molecule has 5 rings (SSSR count). The standard InChI is InChI=1S/C27H28F5NO3/c1-25-13-20(14-2-4-15(5-3-14)24(33)35)23-18-9-7-17(34)12-16(18)6-8-19(23)21(25)10-11-22(25)36-27(31,32)26(28,29)30/h2-5,12,19-22H,6-11,13H2,1H3,(H2,33,35)/t19?,20-,21?,22+,25+/m1/s1. The van der Waals surface area contributed by atoms with Gasteiger partial charge in [0.25, 0.3) is 0 Å². The van der Waals surface area contributed by atoms with Crippen molar-refractivity contribution in [2.24, 2.45) is 23.0 Å². The van der Waals surface area contributed by atoms with Crippen molar-refractivity contribution in [3.05, 3.63) is 58.2 Å². The van der Waals surface area contributed by atoms with Crippen LogP contribution < -0.4 is 5.73 Å². The first-order valence-corrected chi connectivity index (χ1v) is 12.3. The number of allylic oxidation sites excluding steroid dienone is 4. The van der Waals surface area contributed by atoms with Gasteiger partial charge in [-0.25, -0.2) is 0 Å². The Morgan fingerprint density at radius 2 is 1.72 bits per heavy atom. The van der Waals surface area contributed by atoms with Crippen molar-refractivity contribution in [2.75, 3.05) is 0 Å². The van der Waals surface area contributed by atoms with Crippen molar-refractivity contribution in [2.45, 2.75) is 76.2 Å². The minimum Gasteiger partial charge on any atom is -0.366 e. The fraction of sp³-hybridized carbons (Fsp3) is 0.556. The van der Waals surface area contributed by atoms with E-state index in [1.54, 1.807) is 37.3 Å². The lowest BCUT2D eigenvalue weighted by atomic mass is 9.53. The second kappa shape index (κ2) is 8.50. The molecule has 0 radical (unpaired) electrons. The van der Waals surface area contributed by atoms with Gasteiger partial charge in [-0.15, -0.1) is 0 Å². The number of carbonyl (C=O) groups is 2. The van der Waals surface area contributed by atoms with Gasteiger partial charge < -0.3 is 10.5 Å². The van der Waals surface area contributed by atoms with Crippen LogP contribution in [0.25, 0.3) is 0 Å². The van der Waals surface area contributed by atoms with Crippen LogP contribution in [0.1, 0.15) is 73.7 Å². The molecule has 4 aliphatic carbocycles. The highest BCUT2D eigenvalue weighted by atomic mass is 19.4. The predicted octanol–water partition coefficient (Wildman–Crippen LogP) is 6.23. The molecule has 1 amide bonds.